The highest BCUT2D eigenvalue weighted by atomic mass is 16.6. The number of ether oxygens (including phenoxy) is 3. The van der Waals surface area contributed by atoms with Crippen LogP contribution in [0.1, 0.15) is 18.5 Å². The number of rotatable bonds is 6. The minimum absolute atomic E-state index is 0.312. The Morgan fingerprint density at radius 3 is 2.18 bits per heavy atom. The first-order valence-corrected chi connectivity index (χ1v) is 8.53. The van der Waals surface area contributed by atoms with Gasteiger partial charge in [-0.05, 0) is 42.0 Å². The molecule has 1 aliphatic rings. The summed E-state index contributed by atoms with van der Waals surface area (Å²) in [5, 5.41) is 0. The molecule has 1 fully saturated rings. The van der Waals surface area contributed by atoms with Gasteiger partial charge in [0.15, 0.2) is 0 Å². The van der Waals surface area contributed by atoms with Gasteiger partial charge in [0.1, 0.15) is 17.5 Å². The summed E-state index contributed by atoms with van der Waals surface area (Å²) in [6.07, 6.45) is 0.155. The first kappa shape index (κ1) is 19.2. The number of hydrogen-bond acceptors (Lipinski definition) is 6. The molecule has 2 atom stereocenters. The highest BCUT2D eigenvalue weighted by Crippen LogP contribution is 2.41. The van der Waals surface area contributed by atoms with Gasteiger partial charge in [-0.1, -0.05) is 18.7 Å². The van der Waals surface area contributed by atoms with Crippen LogP contribution in [-0.2, 0) is 19.1 Å². The zero-order valence-corrected chi connectivity index (χ0v) is 15.5. The zero-order chi connectivity index (χ0) is 20.3. The fourth-order valence-electron chi connectivity index (χ4n) is 3.00. The van der Waals surface area contributed by atoms with Gasteiger partial charge in [0.2, 0.25) is 6.10 Å². The van der Waals surface area contributed by atoms with Gasteiger partial charge >= 0.3 is 11.9 Å². The molecule has 7 nitrogen and oxygen atoms in total. The third-order valence-corrected chi connectivity index (χ3v) is 4.30. The molecule has 7 heteroatoms. The summed E-state index contributed by atoms with van der Waals surface area (Å²) in [6.45, 7) is 4.61. The average Bonchev–Trinajstić information content (AvgIpc) is 2.71. The second-order valence-electron chi connectivity index (χ2n) is 6.08. The normalized spacial score (nSPS) is 18.1. The van der Waals surface area contributed by atoms with Crippen LogP contribution in [0.2, 0.25) is 0 Å². The number of hydrogen-bond donors (Lipinski definition) is 0. The van der Waals surface area contributed by atoms with Crippen molar-refractivity contribution in [2.75, 3.05) is 12.0 Å². The lowest BCUT2D eigenvalue weighted by Crippen LogP contribution is -2.60. The Kier molecular flexibility index (Phi) is 5.44. The highest BCUT2D eigenvalue weighted by Gasteiger charge is 2.51. The van der Waals surface area contributed by atoms with Crippen molar-refractivity contribution in [3.8, 4) is 11.5 Å². The SMILES string of the molecule is C=CC(=O)Oc1ccc([C@H]2[C@@H](OC(C)=O)C(=O)N2c2ccc(OC)cc2)cc1. The Hall–Kier alpha value is -3.61. The van der Waals surface area contributed by atoms with Crippen LogP contribution in [-0.4, -0.2) is 31.1 Å². The summed E-state index contributed by atoms with van der Waals surface area (Å²) in [5.41, 5.74) is 1.39. The van der Waals surface area contributed by atoms with E-state index < -0.39 is 24.1 Å². The molecule has 3 rings (SSSR count). The van der Waals surface area contributed by atoms with E-state index in [1.165, 1.54) is 6.92 Å². The molecule has 0 bridgehead atoms. The first-order valence-electron chi connectivity index (χ1n) is 8.53. The lowest BCUT2D eigenvalue weighted by Gasteiger charge is -2.46. The van der Waals surface area contributed by atoms with E-state index in [2.05, 4.69) is 6.58 Å². The Morgan fingerprint density at radius 1 is 1.04 bits per heavy atom. The van der Waals surface area contributed by atoms with Crippen molar-refractivity contribution in [3.05, 3.63) is 66.7 Å². The maximum atomic E-state index is 12.6. The van der Waals surface area contributed by atoms with Crippen LogP contribution in [0.4, 0.5) is 5.69 Å². The first-order chi connectivity index (χ1) is 13.4. The lowest BCUT2D eigenvalue weighted by molar-refractivity contribution is -0.160. The van der Waals surface area contributed by atoms with Crippen molar-refractivity contribution in [2.45, 2.75) is 19.1 Å². The Balaban J connectivity index is 1.89. The molecule has 0 aliphatic carbocycles. The predicted molar refractivity (Wildman–Crippen MR) is 101 cm³/mol. The fraction of sp³-hybridized carbons (Fsp3) is 0.190. The number of benzene rings is 2. The van der Waals surface area contributed by atoms with Crippen molar-refractivity contribution < 1.29 is 28.6 Å². The van der Waals surface area contributed by atoms with E-state index >= 15 is 0 Å². The van der Waals surface area contributed by atoms with Crippen molar-refractivity contribution in [3.63, 3.8) is 0 Å². The zero-order valence-electron chi connectivity index (χ0n) is 15.5. The van der Waals surface area contributed by atoms with E-state index in [4.69, 9.17) is 14.2 Å². The Labute approximate surface area is 162 Å². The van der Waals surface area contributed by atoms with Gasteiger partial charge in [-0.25, -0.2) is 4.79 Å². The topological polar surface area (TPSA) is 82.1 Å². The standard InChI is InChI=1S/C21H19NO6/c1-4-18(24)28-17-9-5-14(6-10-17)19-20(27-13(2)23)21(25)22(19)15-7-11-16(26-3)12-8-15/h4-12,19-20H,1H2,2-3H3/t19-,20+/m0/s1. The van der Waals surface area contributed by atoms with E-state index in [1.807, 2.05) is 0 Å². The van der Waals surface area contributed by atoms with Crippen LogP contribution in [0.5, 0.6) is 11.5 Å². The molecule has 2 aromatic carbocycles. The molecule has 0 spiro atoms. The van der Waals surface area contributed by atoms with E-state index in [-0.39, 0.29) is 5.91 Å². The maximum Gasteiger partial charge on any atom is 0.335 e. The van der Waals surface area contributed by atoms with Gasteiger partial charge in [-0.15, -0.1) is 0 Å². The minimum atomic E-state index is -0.916. The molecule has 1 amide bonds. The van der Waals surface area contributed by atoms with Crippen LogP contribution < -0.4 is 14.4 Å². The van der Waals surface area contributed by atoms with Gasteiger partial charge in [-0.2, -0.15) is 0 Å². The van der Waals surface area contributed by atoms with E-state index in [0.29, 0.717) is 17.2 Å². The molecule has 0 saturated carbocycles. The smallest absolute Gasteiger partial charge is 0.335 e. The number of carbonyl (C=O) groups is 3. The predicted octanol–water partition coefficient (Wildman–Crippen LogP) is 2.81. The van der Waals surface area contributed by atoms with Gasteiger partial charge in [-0.3, -0.25) is 14.5 Å². The van der Waals surface area contributed by atoms with Crippen LogP contribution in [0, 0.1) is 0 Å². The number of nitrogens with zero attached hydrogens (tertiary/aromatic N) is 1. The summed E-state index contributed by atoms with van der Waals surface area (Å²) in [6, 6.07) is 13.2. The Morgan fingerprint density at radius 2 is 1.64 bits per heavy atom. The van der Waals surface area contributed by atoms with Crippen molar-refractivity contribution >= 4 is 23.5 Å². The molecule has 0 unspecified atom stereocenters. The van der Waals surface area contributed by atoms with E-state index in [9.17, 15) is 14.4 Å². The van der Waals surface area contributed by atoms with Gasteiger partial charge in [0.25, 0.3) is 5.91 Å². The van der Waals surface area contributed by atoms with Crippen LogP contribution in [0.25, 0.3) is 0 Å². The molecule has 0 aromatic heterocycles. The van der Waals surface area contributed by atoms with E-state index in [1.54, 1.807) is 60.5 Å². The summed E-state index contributed by atoms with van der Waals surface area (Å²) in [5.74, 6) is -0.399. The van der Waals surface area contributed by atoms with Crippen molar-refractivity contribution in [2.24, 2.45) is 0 Å². The van der Waals surface area contributed by atoms with Crippen LogP contribution in [0.3, 0.4) is 0 Å². The molecule has 144 valence electrons. The monoisotopic (exact) mass is 381 g/mol. The van der Waals surface area contributed by atoms with E-state index in [0.717, 1.165) is 11.6 Å². The average molecular weight is 381 g/mol. The largest absolute Gasteiger partial charge is 0.497 e. The second kappa shape index (κ2) is 7.96. The third kappa shape index (κ3) is 3.73. The quantitative estimate of drug-likeness (QED) is 0.331. The summed E-state index contributed by atoms with van der Waals surface area (Å²) >= 11 is 0. The molecule has 2 aromatic rings. The number of β-lactam (4-membered cyclic amide) rings is 1. The minimum Gasteiger partial charge on any atom is -0.497 e. The third-order valence-electron chi connectivity index (χ3n) is 4.30. The summed E-state index contributed by atoms with van der Waals surface area (Å²) < 4.78 is 15.4. The second-order valence-corrected chi connectivity index (χ2v) is 6.08. The number of methoxy groups -OCH3 is 1. The molecular formula is C21H19NO6. The van der Waals surface area contributed by atoms with Crippen molar-refractivity contribution in [1.29, 1.82) is 0 Å². The molecule has 1 aliphatic heterocycles. The van der Waals surface area contributed by atoms with Gasteiger partial charge in [0, 0.05) is 18.7 Å². The maximum absolute atomic E-state index is 12.6. The highest BCUT2D eigenvalue weighted by molar-refractivity contribution is 6.06. The molecule has 1 saturated heterocycles. The fourth-order valence-corrected chi connectivity index (χ4v) is 3.00. The molecule has 1 heterocycles. The van der Waals surface area contributed by atoms with Crippen LogP contribution in [0.15, 0.2) is 61.2 Å². The lowest BCUT2D eigenvalue weighted by atomic mass is 9.89. The van der Waals surface area contributed by atoms with Crippen LogP contribution >= 0.6 is 0 Å². The number of carbonyl (C=O) groups excluding carboxylic acids is 3. The van der Waals surface area contributed by atoms with Gasteiger partial charge in [0.05, 0.1) is 7.11 Å². The molecular weight excluding hydrogens is 362 g/mol. The Bertz CT molecular complexity index is 903. The molecule has 0 N–H and O–H groups in total. The molecule has 28 heavy (non-hydrogen) atoms. The number of anilines is 1. The summed E-state index contributed by atoms with van der Waals surface area (Å²) in [7, 11) is 1.56. The molecule has 0 radical (unpaired) electrons. The van der Waals surface area contributed by atoms with Gasteiger partial charge < -0.3 is 14.2 Å². The van der Waals surface area contributed by atoms with Crippen molar-refractivity contribution in [1.82, 2.24) is 0 Å². The summed E-state index contributed by atoms with van der Waals surface area (Å²) in [4.78, 5) is 36.9. The number of amides is 1. The number of esters is 2.